The van der Waals surface area contributed by atoms with E-state index in [9.17, 15) is 0 Å². The summed E-state index contributed by atoms with van der Waals surface area (Å²) in [5.74, 6) is 0. The van der Waals surface area contributed by atoms with Gasteiger partial charge in [-0.25, -0.2) is 0 Å². The molecule has 6 aromatic carbocycles. The van der Waals surface area contributed by atoms with Gasteiger partial charge in [0.05, 0.1) is 11.0 Å². The van der Waals surface area contributed by atoms with E-state index in [1.807, 2.05) is 24.3 Å². The van der Waals surface area contributed by atoms with Crippen molar-refractivity contribution in [2.75, 3.05) is 0 Å². The van der Waals surface area contributed by atoms with Crippen LogP contribution in [0, 0.1) is 0 Å². The van der Waals surface area contributed by atoms with Crippen LogP contribution >= 0.6 is 0 Å². The molecule has 0 N–H and O–H groups in total. The van der Waals surface area contributed by atoms with E-state index in [0.717, 1.165) is 22.4 Å². The Kier molecular flexibility index (Phi) is 9.75. The standard InChI is InChI=1S/2C18H12N.2ClH.Ti/c2*1-2-7-15-12-16(11-14(15)6-1)18-10-9-13-5-3-4-8-17(13)19-18;;;/h2*1-12H;2*1H;/q2*-1;;;+4/p-2. The van der Waals surface area contributed by atoms with Crippen LogP contribution in [0.3, 0.4) is 0 Å². The Morgan fingerprint density at radius 3 is 1.17 bits per heavy atom. The third-order valence-electron chi connectivity index (χ3n) is 7.02. The van der Waals surface area contributed by atoms with Gasteiger partial charge in [0, 0.05) is 11.4 Å². The maximum absolute atomic E-state index is 4.74. The van der Waals surface area contributed by atoms with E-state index in [-0.39, 0.29) is 46.5 Å². The van der Waals surface area contributed by atoms with Gasteiger partial charge in [0.2, 0.25) is 0 Å². The Morgan fingerprint density at radius 1 is 0.390 bits per heavy atom. The number of hydrogen-bond acceptors (Lipinski definition) is 2. The summed E-state index contributed by atoms with van der Waals surface area (Å²) < 4.78 is 0. The molecule has 0 radical (unpaired) electrons. The molecule has 0 unspecified atom stereocenters. The molecule has 0 saturated carbocycles. The second-order valence-corrected chi connectivity index (χ2v) is 9.52. The van der Waals surface area contributed by atoms with Crippen LogP contribution in [0.2, 0.25) is 0 Å². The van der Waals surface area contributed by atoms with Crippen molar-refractivity contribution in [1.29, 1.82) is 0 Å². The average molecular weight is 603 g/mol. The molecule has 0 aliphatic heterocycles. The predicted molar refractivity (Wildman–Crippen MR) is 161 cm³/mol. The monoisotopic (exact) mass is 602 g/mol. The summed E-state index contributed by atoms with van der Waals surface area (Å²) in [6.07, 6.45) is 0. The molecule has 8 rings (SSSR count). The third kappa shape index (κ3) is 6.27. The van der Waals surface area contributed by atoms with Crippen molar-refractivity contribution in [2.45, 2.75) is 0 Å². The van der Waals surface area contributed by atoms with E-state index < -0.39 is 0 Å². The van der Waals surface area contributed by atoms with Crippen LogP contribution < -0.4 is 24.8 Å². The molecule has 0 bridgehead atoms. The molecule has 2 heterocycles. The summed E-state index contributed by atoms with van der Waals surface area (Å²) in [5.41, 5.74) is 6.54. The second-order valence-electron chi connectivity index (χ2n) is 9.52. The number of aromatic nitrogens is 2. The Bertz CT molecular complexity index is 1840. The fourth-order valence-corrected chi connectivity index (χ4v) is 5.05. The number of halogens is 2. The van der Waals surface area contributed by atoms with Gasteiger partial charge in [-0.15, -0.1) is 69.1 Å². The zero-order valence-corrected chi connectivity index (χ0v) is 25.1. The molecule has 0 saturated heterocycles. The average Bonchev–Trinajstić information content (AvgIpc) is 3.62. The number of rotatable bonds is 2. The Morgan fingerprint density at radius 2 is 0.756 bits per heavy atom. The molecule has 0 atom stereocenters. The molecule has 0 amide bonds. The third-order valence-corrected chi connectivity index (χ3v) is 7.02. The minimum absolute atomic E-state index is 0. The first kappa shape index (κ1) is 30.2. The van der Waals surface area contributed by atoms with Crippen molar-refractivity contribution in [3.05, 3.63) is 146 Å². The largest absolute Gasteiger partial charge is 4.00 e. The van der Waals surface area contributed by atoms with Gasteiger partial charge in [-0.2, -0.15) is 0 Å². The van der Waals surface area contributed by atoms with E-state index in [1.165, 1.54) is 43.4 Å². The molecule has 2 nitrogen and oxygen atoms in total. The maximum atomic E-state index is 4.74. The van der Waals surface area contributed by atoms with Crippen molar-refractivity contribution < 1.29 is 46.5 Å². The number of nitrogens with zero attached hydrogens (tertiary/aromatic N) is 2. The van der Waals surface area contributed by atoms with Gasteiger partial charge in [-0.3, -0.25) is 9.97 Å². The van der Waals surface area contributed by atoms with Gasteiger partial charge in [-0.1, -0.05) is 97.1 Å². The summed E-state index contributed by atoms with van der Waals surface area (Å²) >= 11 is 0. The maximum Gasteiger partial charge on any atom is 4.00 e. The second kappa shape index (κ2) is 13.3. The quantitative estimate of drug-likeness (QED) is 0.223. The molecular formula is C36H24Cl2N2Ti. The molecule has 41 heavy (non-hydrogen) atoms. The van der Waals surface area contributed by atoms with Crippen LogP contribution in [0.5, 0.6) is 0 Å². The molecule has 0 fully saturated rings. The number of pyridine rings is 2. The number of hydrogen-bond donors (Lipinski definition) is 0. The molecular weight excluding hydrogens is 579 g/mol. The fraction of sp³-hybridized carbons (Fsp3) is 0. The number of fused-ring (bicyclic) bond motifs is 4. The number of benzene rings is 4. The van der Waals surface area contributed by atoms with E-state index >= 15 is 0 Å². The fourth-order valence-electron chi connectivity index (χ4n) is 5.05. The van der Waals surface area contributed by atoms with Gasteiger partial charge in [0.1, 0.15) is 0 Å². The van der Waals surface area contributed by atoms with Gasteiger partial charge in [0.25, 0.3) is 0 Å². The van der Waals surface area contributed by atoms with Crippen LogP contribution in [0.1, 0.15) is 0 Å². The van der Waals surface area contributed by atoms with Crippen molar-refractivity contribution in [2.24, 2.45) is 0 Å². The summed E-state index contributed by atoms with van der Waals surface area (Å²) in [6.45, 7) is 0. The first-order valence-corrected chi connectivity index (χ1v) is 12.8. The smallest absolute Gasteiger partial charge is 1.00 e. The minimum Gasteiger partial charge on any atom is -1.00 e. The van der Waals surface area contributed by atoms with Crippen molar-refractivity contribution in [3.8, 4) is 22.5 Å². The first-order chi connectivity index (χ1) is 18.8. The molecule has 5 heteroatoms. The zero-order valence-electron chi connectivity index (χ0n) is 22.0. The molecule has 2 aromatic heterocycles. The molecule has 8 aromatic rings. The summed E-state index contributed by atoms with van der Waals surface area (Å²) in [5, 5.41) is 7.45. The van der Waals surface area contributed by atoms with Crippen LogP contribution in [-0.4, -0.2) is 9.97 Å². The van der Waals surface area contributed by atoms with Gasteiger partial charge >= 0.3 is 21.7 Å². The molecule has 196 valence electrons. The summed E-state index contributed by atoms with van der Waals surface area (Å²) in [6, 6.07) is 50.5. The van der Waals surface area contributed by atoms with Crippen molar-refractivity contribution >= 4 is 43.4 Å². The Hall–Kier alpha value is -3.79. The molecule has 0 aliphatic rings. The van der Waals surface area contributed by atoms with E-state index in [1.54, 1.807) is 0 Å². The van der Waals surface area contributed by atoms with Crippen molar-refractivity contribution in [3.63, 3.8) is 0 Å². The van der Waals surface area contributed by atoms with E-state index in [2.05, 4.69) is 121 Å². The summed E-state index contributed by atoms with van der Waals surface area (Å²) in [7, 11) is 0. The van der Waals surface area contributed by atoms with Gasteiger partial charge in [0.15, 0.2) is 0 Å². The normalized spacial score (nSPS) is 10.3. The van der Waals surface area contributed by atoms with Crippen LogP contribution in [0.4, 0.5) is 0 Å². The van der Waals surface area contributed by atoms with Crippen LogP contribution in [-0.2, 0) is 21.7 Å². The molecule has 0 spiro atoms. The number of para-hydroxylation sites is 2. The van der Waals surface area contributed by atoms with E-state index in [0.29, 0.717) is 0 Å². The van der Waals surface area contributed by atoms with Crippen molar-refractivity contribution in [1.82, 2.24) is 9.97 Å². The topological polar surface area (TPSA) is 25.8 Å². The van der Waals surface area contributed by atoms with Crippen LogP contribution in [0.25, 0.3) is 65.9 Å². The Balaban J connectivity index is 0.000000176. The zero-order chi connectivity index (χ0) is 25.3. The Labute approximate surface area is 266 Å². The predicted octanol–water partition coefficient (Wildman–Crippen LogP) is 3.55. The SMILES string of the molecule is [Cl-].[Cl-].[Ti+4].c1ccc2[cH-]c(-c3ccc4ccccc4n3)cc2c1.c1ccc2[cH-]c(-c3ccc4ccccc4n3)cc2c1. The first-order valence-electron chi connectivity index (χ1n) is 12.8. The van der Waals surface area contributed by atoms with E-state index in [4.69, 9.17) is 9.97 Å². The van der Waals surface area contributed by atoms with Crippen LogP contribution in [0.15, 0.2) is 146 Å². The minimum atomic E-state index is 0. The van der Waals surface area contributed by atoms with Gasteiger partial charge < -0.3 is 24.8 Å². The molecule has 0 aliphatic carbocycles. The van der Waals surface area contributed by atoms with Gasteiger partial charge in [-0.05, 0) is 22.9 Å². The summed E-state index contributed by atoms with van der Waals surface area (Å²) in [4.78, 5) is 9.48.